The van der Waals surface area contributed by atoms with E-state index in [0.29, 0.717) is 0 Å². The summed E-state index contributed by atoms with van der Waals surface area (Å²) in [5.74, 6) is 0. The molecule has 0 bridgehead atoms. The Morgan fingerprint density at radius 3 is 1.66 bits per heavy atom. The van der Waals surface area contributed by atoms with Gasteiger partial charge in [0.05, 0.1) is 0 Å². The number of hydrogen-bond donors (Lipinski definition) is 0. The molecule has 0 atom stereocenters. The van der Waals surface area contributed by atoms with E-state index in [1.165, 1.54) is 87.6 Å². The van der Waals surface area contributed by atoms with Gasteiger partial charge in [-0.15, -0.1) is 22.7 Å². The third kappa shape index (κ3) is 4.42. The maximum absolute atomic E-state index is 2.56. The summed E-state index contributed by atoms with van der Waals surface area (Å²) < 4.78 is 2.56. The minimum Gasteiger partial charge on any atom is -0.340 e. The number of fused-ring (bicyclic) bond motifs is 3. The summed E-state index contributed by atoms with van der Waals surface area (Å²) in [4.78, 5) is 2.68. The van der Waals surface area contributed by atoms with Gasteiger partial charge < -0.3 is 4.57 Å². The summed E-state index contributed by atoms with van der Waals surface area (Å²) in [5, 5.41) is 7.09. The van der Waals surface area contributed by atoms with Crippen LogP contribution in [-0.4, -0.2) is 4.57 Å². The lowest BCUT2D eigenvalue weighted by molar-refractivity contribution is 0.561. The second kappa shape index (κ2) is 10.1. The SMILES string of the molecule is CCCCCCCCCn1c2ccc(-c3cccs3)cc2c2cc(-c3cccs3)ccc21. The van der Waals surface area contributed by atoms with Crippen molar-refractivity contribution in [2.24, 2.45) is 0 Å². The van der Waals surface area contributed by atoms with Crippen LogP contribution in [0, 0.1) is 0 Å². The molecule has 0 N–H and O–H groups in total. The molecule has 5 rings (SSSR count). The summed E-state index contributed by atoms with van der Waals surface area (Å²) in [5.41, 5.74) is 5.39. The van der Waals surface area contributed by atoms with Crippen LogP contribution in [0.1, 0.15) is 51.9 Å². The second-order valence-corrected chi connectivity index (χ2v) is 10.6. The van der Waals surface area contributed by atoms with Crippen molar-refractivity contribution in [3.05, 3.63) is 71.4 Å². The van der Waals surface area contributed by atoms with Crippen molar-refractivity contribution in [2.45, 2.75) is 58.4 Å². The molecular formula is C29H31NS2. The Morgan fingerprint density at radius 2 is 1.16 bits per heavy atom. The molecule has 3 heterocycles. The third-order valence-corrected chi connectivity index (χ3v) is 8.30. The van der Waals surface area contributed by atoms with Crippen LogP contribution < -0.4 is 0 Å². The average molecular weight is 458 g/mol. The largest absolute Gasteiger partial charge is 0.340 e. The highest BCUT2D eigenvalue weighted by atomic mass is 32.1. The van der Waals surface area contributed by atoms with E-state index in [4.69, 9.17) is 0 Å². The number of rotatable bonds is 10. The predicted molar refractivity (Wildman–Crippen MR) is 144 cm³/mol. The van der Waals surface area contributed by atoms with E-state index in [-0.39, 0.29) is 0 Å². The number of nitrogens with zero attached hydrogens (tertiary/aromatic N) is 1. The van der Waals surface area contributed by atoms with Gasteiger partial charge in [-0.3, -0.25) is 0 Å². The highest BCUT2D eigenvalue weighted by Gasteiger charge is 2.13. The van der Waals surface area contributed by atoms with Gasteiger partial charge in [-0.2, -0.15) is 0 Å². The lowest BCUT2D eigenvalue weighted by Gasteiger charge is -2.08. The summed E-state index contributed by atoms with van der Waals surface area (Å²) >= 11 is 3.64. The Bertz CT molecular complexity index is 1180. The molecule has 2 aromatic carbocycles. The van der Waals surface area contributed by atoms with Gasteiger partial charge >= 0.3 is 0 Å². The zero-order chi connectivity index (χ0) is 21.8. The molecule has 5 aromatic rings. The van der Waals surface area contributed by atoms with Gasteiger partial charge in [0.1, 0.15) is 0 Å². The van der Waals surface area contributed by atoms with E-state index in [9.17, 15) is 0 Å². The van der Waals surface area contributed by atoms with Gasteiger partial charge in [0.15, 0.2) is 0 Å². The van der Waals surface area contributed by atoms with Gasteiger partial charge in [0, 0.05) is 38.1 Å². The Labute approximate surface area is 199 Å². The van der Waals surface area contributed by atoms with Crippen LogP contribution in [0.4, 0.5) is 0 Å². The first kappa shape index (κ1) is 21.5. The molecule has 1 nitrogen and oxygen atoms in total. The van der Waals surface area contributed by atoms with Crippen LogP contribution in [-0.2, 0) is 6.54 Å². The molecule has 0 saturated heterocycles. The highest BCUT2D eigenvalue weighted by molar-refractivity contribution is 7.13. The van der Waals surface area contributed by atoms with Crippen LogP contribution in [0.3, 0.4) is 0 Å². The van der Waals surface area contributed by atoms with E-state index in [1.54, 1.807) is 0 Å². The van der Waals surface area contributed by atoms with Gasteiger partial charge in [0.2, 0.25) is 0 Å². The van der Waals surface area contributed by atoms with E-state index in [2.05, 4.69) is 82.9 Å². The monoisotopic (exact) mass is 457 g/mol. The molecule has 0 saturated carbocycles. The van der Waals surface area contributed by atoms with Crippen LogP contribution in [0.15, 0.2) is 71.4 Å². The lowest BCUT2D eigenvalue weighted by atomic mass is 10.1. The smallest absolute Gasteiger partial charge is 0.0491 e. The van der Waals surface area contributed by atoms with Crippen LogP contribution in [0.25, 0.3) is 42.7 Å². The molecule has 0 amide bonds. The summed E-state index contributed by atoms with van der Waals surface area (Å²) in [6, 6.07) is 22.8. The molecule has 3 heteroatoms. The topological polar surface area (TPSA) is 4.93 Å². The van der Waals surface area contributed by atoms with Crippen molar-refractivity contribution in [2.75, 3.05) is 0 Å². The van der Waals surface area contributed by atoms with E-state index in [0.717, 1.165) is 6.54 Å². The maximum atomic E-state index is 2.56. The molecule has 32 heavy (non-hydrogen) atoms. The van der Waals surface area contributed by atoms with E-state index in [1.807, 2.05) is 22.7 Å². The molecule has 0 aliphatic rings. The van der Waals surface area contributed by atoms with Crippen LogP contribution in [0.5, 0.6) is 0 Å². The number of aryl methyl sites for hydroxylation is 1. The molecule has 0 spiro atoms. The normalized spacial score (nSPS) is 11.7. The average Bonchev–Trinajstić information content (AvgIpc) is 3.59. The maximum Gasteiger partial charge on any atom is 0.0491 e. The van der Waals surface area contributed by atoms with Crippen molar-refractivity contribution in [1.82, 2.24) is 4.57 Å². The fourth-order valence-electron chi connectivity index (χ4n) is 4.76. The van der Waals surface area contributed by atoms with Gasteiger partial charge in [-0.25, -0.2) is 0 Å². The molecule has 3 aromatic heterocycles. The number of aromatic nitrogens is 1. The standard InChI is InChI=1S/C29H31NS2/c1-2-3-4-5-6-7-8-17-30-26-15-13-22(28-11-9-18-31-28)20-24(26)25-21-23(14-16-27(25)30)29-12-10-19-32-29/h9-16,18-21H,2-8,17H2,1H3. The van der Waals surface area contributed by atoms with Crippen LogP contribution >= 0.6 is 22.7 Å². The quantitative estimate of drug-likeness (QED) is 0.184. The Hall–Kier alpha value is -2.36. The Kier molecular flexibility index (Phi) is 6.75. The Balaban J connectivity index is 1.50. The molecule has 0 unspecified atom stereocenters. The zero-order valence-electron chi connectivity index (χ0n) is 18.8. The molecule has 0 aliphatic heterocycles. The number of benzene rings is 2. The van der Waals surface area contributed by atoms with Crippen molar-refractivity contribution in [3.8, 4) is 20.9 Å². The van der Waals surface area contributed by atoms with Gasteiger partial charge in [-0.05, 0) is 64.7 Å². The molecule has 0 fully saturated rings. The van der Waals surface area contributed by atoms with Gasteiger partial charge in [-0.1, -0.05) is 69.7 Å². The van der Waals surface area contributed by atoms with Crippen molar-refractivity contribution >= 4 is 44.5 Å². The summed E-state index contributed by atoms with van der Waals surface area (Å²) in [6.45, 7) is 3.39. The van der Waals surface area contributed by atoms with E-state index < -0.39 is 0 Å². The molecular weight excluding hydrogens is 426 g/mol. The highest BCUT2D eigenvalue weighted by Crippen LogP contribution is 2.37. The molecule has 164 valence electrons. The first-order valence-corrected chi connectivity index (χ1v) is 13.7. The number of hydrogen-bond acceptors (Lipinski definition) is 2. The minimum absolute atomic E-state index is 1.10. The summed E-state index contributed by atoms with van der Waals surface area (Å²) in [6.07, 6.45) is 9.42. The van der Waals surface area contributed by atoms with Crippen LogP contribution in [0.2, 0.25) is 0 Å². The minimum atomic E-state index is 1.10. The second-order valence-electron chi connectivity index (χ2n) is 8.69. The first-order valence-electron chi connectivity index (χ1n) is 12.0. The summed E-state index contributed by atoms with van der Waals surface area (Å²) in [7, 11) is 0. The van der Waals surface area contributed by atoms with Crippen molar-refractivity contribution in [1.29, 1.82) is 0 Å². The molecule has 0 radical (unpaired) electrons. The fraction of sp³-hybridized carbons (Fsp3) is 0.310. The zero-order valence-corrected chi connectivity index (χ0v) is 20.5. The predicted octanol–water partition coefficient (Wildman–Crippen LogP) is 10.0. The lowest BCUT2D eigenvalue weighted by Crippen LogP contribution is -1.97. The third-order valence-electron chi connectivity index (χ3n) is 6.46. The van der Waals surface area contributed by atoms with Crippen molar-refractivity contribution < 1.29 is 0 Å². The van der Waals surface area contributed by atoms with E-state index >= 15 is 0 Å². The molecule has 0 aliphatic carbocycles. The van der Waals surface area contributed by atoms with Gasteiger partial charge in [0.25, 0.3) is 0 Å². The number of unbranched alkanes of at least 4 members (excludes halogenated alkanes) is 6. The Morgan fingerprint density at radius 1 is 0.625 bits per heavy atom. The number of thiophene rings is 2. The van der Waals surface area contributed by atoms with Crippen molar-refractivity contribution in [3.63, 3.8) is 0 Å². The first-order chi connectivity index (χ1) is 15.8. The fourth-order valence-corrected chi connectivity index (χ4v) is 6.21.